The molecule has 1 heterocycles. The maximum atomic E-state index is 12.2. The average molecular weight is 325 g/mol. The molecule has 1 aromatic rings. The molecule has 1 saturated heterocycles. The molecule has 106 valence electrons. The van der Waals surface area contributed by atoms with Crippen molar-refractivity contribution < 1.29 is 13.2 Å². The second-order valence-corrected chi connectivity index (χ2v) is 6.62. The second kappa shape index (κ2) is 6.39. The SMILES string of the molecule is O=S(=O)(NCC1CNCCO1)c1c(Cl)cccc1Cl. The van der Waals surface area contributed by atoms with Crippen molar-refractivity contribution in [3.05, 3.63) is 28.2 Å². The molecule has 0 spiro atoms. The van der Waals surface area contributed by atoms with Crippen LogP contribution in [0.25, 0.3) is 0 Å². The summed E-state index contributed by atoms with van der Waals surface area (Å²) in [6.07, 6.45) is -0.190. The van der Waals surface area contributed by atoms with Gasteiger partial charge in [-0.05, 0) is 12.1 Å². The maximum Gasteiger partial charge on any atom is 0.243 e. The predicted octanol–water partition coefficient (Wildman–Crippen LogP) is 1.26. The van der Waals surface area contributed by atoms with E-state index in [0.717, 1.165) is 6.54 Å². The number of hydrogen-bond donors (Lipinski definition) is 2. The van der Waals surface area contributed by atoms with Crippen LogP contribution in [-0.2, 0) is 14.8 Å². The van der Waals surface area contributed by atoms with Crippen LogP contribution < -0.4 is 10.0 Å². The van der Waals surface area contributed by atoms with Crippen molar-refractivity contribution in [3.8, 4) is 0 Å². The first-order chi connectivity index (χ1) is 9.00. The number of sulfonamides is 1. The van der Waals surface area contributed by atoms with Crippen LogP contribution in [0.2, 0.25) is 10.0 Å². The van der Waals surface area contributed by atoms with Crippen LogP contribution in [0.15, 0.2) is 23.1 Å². The Hall–Kier alpha value is -0.370. The fourth-order valence-corrected chi connectivity index (χ4v) is 3.97. The molecule has 1 aliphatic heterocycles. The Balaban J connectivity index is 2.09. The molecule has 0 aliphatic carbocycles. The number of morpholine rings is 1. The summed E-state index contributed by atoms with van der Waals surface area (Å²) in [5.41, 5.74) is 0. The standard InChI is InChI=1S/C11H14Cl2N2O3S/c12-9-2-1-3-10(13)11(9)19(16,17)15-7-8-6-14-4-5-18-8/h1-3,8,14-15H,4-7H2. The van der Waals surface area contributed by atoms with Crippen molar-refractivity contribution in [1.29, 1.82) is 0 Å². The Morgan fingerprint density at radius 3 is 2.63 bits per heavy atom. The summed E-state index contributed by atoms with van der Waals surface area (Å²) in [4.78, 5) is -0.0953. The van der Waals surface area contributed by atoms with Gasteiger partial charge in [0.2, 0.25) is 10.0 Å². The van der Waals surface area contributed by atoms with Gasteiger partial charge in [0.15, 0.2) is 0 Å². The van der Waals surface area contributed by atoms with Crippen LogP contribution in [0.1, 0.15) is 0 Å². The van der Waals surface area contributed by atoms with Crippen molar-refractivity contribution in [3.63, 3.8) is 0 Å². The Morgan fingerprint density at radius 1 is 1.37 bits per heavy atom. The molecule has 0 saturated carbocycles. The fourth-order valence-electron chi connectivity index (χ4n) is 1.76. The lowest BCUT2D eigenvalue weighted by Gasteiger charge is -2.23. The Bertz CT molecular complexity index is 525. The van der Waals surface area contributed by atoms with E-state index in [-0.39, 0.29) is 27.6 Å². The maximum absolute atomic E-state index is 12.2. The van der Waals surface area contributed by atoms with Gasteiger partial charge in [0.25, 0.3) is 0 Å². The first kappa shape index (κ1) is 15.0. The first-order valence-electron chi connectivity index (χ1n) is 5.77. The van der Waals surface area contributed by atoms with E-state index in [1.165, 1.54) is 12.1 Å². The molecule has 0 aromatic heterocycles. The highest BCUT2D eigenvalue weighted by molar-refractivity contribution is 7.89. The van der Waals surface area contributed by atoms with Crippen molar-refractivity contribution in [1.82, 2.24) is 10.0 Å². The van der Waals surface area contributed by atoms with E-state index in [9.17, 15) is 8.42 Å². The zero-order valence-electron chi connectivity index (χ0n) is 10.0. The van der Waals surface area contributed by atoms with Crippen LogP contribution in [0, 0.1) is 0 Å². The lowest BCUT2D eigenvalue weighted by molar-refractivity contribution is 0.0324. The monoisotopic (exact) mass is 324 g/mol. The summed E-state index contributed by atoms with van der Waals surface area (Å²) in [6.45, 7) is 2.13. The van der Waals surface area contributed by atoms with E-state index in [1.54, 1.807) is 6.07 Å². The minimum atomic E-state index is -3.74. The molecule has 5 nitrogen and oxygen atoms in total. The molecule has 1 unspecified atom stereocenters. The lowest BCUT2D eigenvalue weighted by atomic mass is 10.3. The minimum Gasteiger partial charge on any atom is -0.374 e. The highest BCUT2D eigenvalue weighted by atomic mass is 35.5. The zero-order valence-corrected chi connectivity index (χ0v) is 12.4. The number of hydrogen-bond acceptors (Lipinski definition) is 4. The van der Waals surface area contributed by atoms with Gasteiger partial charge in [0.05, 0.1) is 22.8 Å². The molecule has 1 aliphatic rings. The van der Waals surface area contributed by atoms with Gasteiger partial charge >= 0.3 is 0 Å². The van der Waals surface area contributed by atoms with E-state index in [2.05, 4.69) is 10.0 Å². The molecular formula is C11H14Cl2N2O3S. The molecule has 1 aromatic carbocycles. The molecule has 1 fully saturated rings. The third kappa shape index (κ3) is 3.81. The Labute approximate surface area is 122 Å². The molecule has 19 heavy (non-hydrogen) atoms. The van der Waals surface area contributed by atoms with E-state index >= 15 is 0 Å². The normalized spacial score (nSPS) is 20.4. The number of nitrogens with one attached hydrogen (secondary N) is 2. The summed E-state index contributed by atoms with van der Waals surface area (Å²) in [5.74, 6) is 0. The second-order valence-electron chi connectivity index (χ2n) is 4.10. The largest absolute Gasteiger partial charge is 0.374 e. The highest BCUT2D eigenvalue weighted by Gasteiger charge is 2.23. The van der Waals surface area contributed by atoms with Crippen LogP contribution in [0.5, 0.6) is 0 Å². The summed E-state index contributed by atoms with van der Waals surface area (Å²) < 4.78 is 32.2. The van der Waals surface area contributed by atoms with Gasteiger partial charge in [-0.1, -0.05) is 29.3 Å². The fraction of sp³-hybridized carbons (Fsp3) is 0.455. The Morgan fingerprint density at radius 2 is 2.05 bits per heavy atom. The minimum absolute atomic E-state index is 0.0953. The molecule has 1 atom stereocenters. The number of rotatable bonds is 4. The molecular weight excluding hydrogens is 311 g/mol. The molecule has 2 N–H and O–H groups in total. The topological polar surface area (TPSA) is 67.4 Å². The van der Waals surface area contributed by atoms with Crippen molar-refractivity contribution in [2.24, 2.45) is 0 Å². The Kier molecular flexibility index (Phi) is 5.05. The summed E-state index contributed by atoms with van der Waals surface area (Å²) in [6, 6.07) is 4.57. The van der Waals surface area contributed by atoms with Gasteiger partial charge < -0.3 is 10.1 Å². The smallest absolute Gasteiger partial charge is 0.243 e. The van der Waals surface area contributed by atoms with Crippen molar-refractivity contribution in [2.45, 2.75) is 11.0 Å². The molecule has 0 amide bonds. The van der Waals surface area contributed by atoms with Crippen molar-refractivity contribution in [2.75, 3.05) is 26.2 Å². The highest BCUT2D eigenvalue weighted by Crippen LogP contribution is 2.28. The number of benzene rings is 1. The number of halogens is 2. The summed E-state index contributed by atoms with van der Waals surface area (Å²) in [5, 5.41) is 3.32. The van der Waals surface area contributed by atoms with E-state index in [0.29, 0.717) is 13.2 Å². The molecule has 0 bridgehead atoms. The summed E-state index contributed by atoms with van der Waals surface area (Å²) in [7, 11) is -3.74. The molecule has 0 radical (unpaired) electrons. The third-order valence-electron chi connectivity index (χ3n) is 2.69. The van der Waals surface area contributed by atoms with Gasteiger partial charge in [-0.15, -0.1) is 0 Å². The van der Waals surface area contributed by atoms with E-state index < -0.39 is 10.0 Å². The number of ether oxygens (including phenoxy) is 1. The predicted molar refractivity (Wildman–Crippen MR) is 74.3 cm³/mol. The van der Waals surface area contributed by atoms with Crippen molar-refractivity contribution >= 4 is 33.2 Å². The molecule has 2 rings (SSSR count). The first-order valence-corrected chi connectivity index (χ1v) is 8.00. The molecule has 8 heteroatoms. The van der Waals surface area contributed by atoms with Crippen LogP contribution in [-0.4, -0.2) is 40.8 Å². The summed E-state index contributed by atoms with van der Waals surface area (Å²) >= 11 is 11.8. The lowest BCUT2D eigenvalue weighted by Crippen LogP contribution is -2.45. The van der Waals surface area contributed by atoms with Crippen LogP contribution in [0.4, 0.5) is 0 Å². The van der Waals surface area contributed by atoms with Gasteiger partial charge in [0.1, 0.15) is 4.90 Å². The van der Waals surface area contributed by atoms with E-state index in [4.69, 9.17) is 27.9 Å². The van der Waals surface area contributed by atoms with Crippen LogP contribution in [0.3, 0.4) is 0 Å². The van der Waals surface area contributed by atoms with Crippen LogP contribution >= 0.6 is 23.2 Å². The third-order valence-corrected chi connectivity index (χ3v) is 5.07. The van der Waals surface area contributed by atoms with Gasteiger partial charge in [-0.25, -0.2) is 13.1 Å². The zero-order chi connectivity index (χ0) is 13.9. The van der Waals surface area contributed by atoms with Gasteiger partial charge in [-0.3, -0.25) is 0 Å². The average Bonchev–Trinajstić information content (AvgIpc) is 2.37. The van der Waals surface area contributed by atoms with Gasteiger partial charge in [0, 0.05) is 19.6 Å². The quantitative estimate of drug-likeness (QED) is 0.875. The van der Waals surface area contributed by atoms with E-state index in [1.807, 2.05) is 0 Å². The van der Waals surface area contributed by atoms with Gasteiger partial charge in [-0.2, -0.15) is 0 Å².